The van der Waals surface area contributed by atoms with Crippen molar-refractivity contribution in [1.82, 2.24) is 25.1 Å². The van der Waals surface area contributed by atoms with Gasteiger partial charge in [-0.15, -0.1) is 10.2 Å². The fourth-order valence-electron chi connectivity index (χ4n) is 3.00. The van der Waals surface area contributed by atoms with Crippen LogP contribution >= 0.6 is 11.8 Å². The van der Waals surface area contributed by atoms with Gasteiger partial charge in [0, 0.05) is 24.5 Å². The number of nitrogens with one attached hydrogen (secondary N) is 1. The smallest absolute Gasteiger partial charge is 0.230 e. The molecule has 0 spiro atoms. The quantitative estimate of drug-likeness (QED) is 0.443. The van der Waals surface area contributed by atoms with Crippen molar-refractivity contribution in [3.8, 4) is 11.4 Å². The van der Waals surface area contributed by atoms with E-state index in [1.54, 1.807) is 12.4 Å². The lowest BCUT2D eigenvalue weighted by atomic mass is 10.2. The van der Waals surface area contributed by atoms with Crippen molar-refractivity contribution in [3.63, 3.8) is 0 Å². The summed E-state index contributed by atoms with van der Waals surface area (Å²) in [7, 11) is 0. The Labute approximate surface area is 179 Å². The highest BCUT2D eigenvalue weighted by Crippen LogP contribution is 2.24. The molecule has 0 fully saturated rings. The highest BCUT2D eigenvalue weighted by Gasteiger charge is 2.16. The second kappa shape index (κ2) is 9.84. The third-order valence-corrected chi connectivity index (χ3v) is 5.47. The molecule has 0 radical (unpaired) electrons. The van der Waals surface area contributed by atoms with Gasteiger partial charge in [0.05, 0.1) is 12.3 Å². The van der Waals surface area contributed by atoms with Crippen LogP contribution in [0.3, 0.4) is 0 Å². The second-order valence-corrected chi connectivity index (χ2v) is 7.61. The van der Waals surface area contributed by atoms with E-state index in [0.717, 1.165) is 22.5 Å². The molecule has 2 aromatic heterocycles. The molecule has 150 valence electrons. The summed E-state index contributed by atoms with van der Waals surface area (Å²) in [5.41, 5.74) is 3.15. The van der Waals surface area contributed by atoms with E-state index in [-0.39, 0.29) is 11.7 Å². The Morgan fingerprint density at radius 2 is 1.53 bits per heavy atom. The average Bonchev–Trinajstić information content (AvgIpc) is 3.20. The topological polar surface area (TPSA) is 72.7 Å². The molecule has 2 heterocycles. The zero-order valence-electron chi connectivity index (χ0n) is 16.3. The van der Waals surface area contributed by atoms with Gasteiger partial charge in [-0.25, -0.2) is 0 Å². The molecule has 0 saturated carbocycles. The Hall–Kier alpha value is -3.45. The summed E-state index contributed by atoms with van der Waals surface area (Å²) in [6.45, 7) is 1.14. The van der Waals surface area contributed by atoms with Gasteiger partial charge in [0.25, 0.3) is 0 Å². The highest BCUT2D eigenvalue weighted by molar-refractivity contribution is 7.99. The molecule has 0 saturated heterocycles. The van der Waals surface area contributed by atoms with Gasteiger partial charge < -0.3 is 5.32 Å². The molecule has 0 aliphatic carbocycles. The summed E-state index contributed by atoms with van der Waals surface area (Å²) in [6.07, 6.45) is 3.47. The Bertz CT molecular complexity index is 1080. The molecule has 4 rings (SSSR count). The summed E-state index contributed by atoms with van der Waals surface area (Å²) >= 11 is 1.39. The first-order valence-corrected chi connectivity index (χ1v) is 10.6. The third-order valence-electron chi connectivity index (χ3n) is 4.50. The van der Waals surface area contributed by atoms with Gasteiger partial charge in [0.1, 0.15) is 0 Å². The van der Waals surface area contributed by atoms with Crippen molar-refractivity contribution < 1.29 is 4.79 Å². The van der Waals surface area contributed by atoms with E-state index in [1.807, 2.05) is 65.2 Å². The van der Waals surface area contributed by atoms with Crippen molar-refractivity contribution in [3.05, 3.63) is 96.3 Å². The van der Waals surface area contributed by atoms with Gasteiger partial charge in [-0.05, 0) is 23.3 Å². The van der Waals surface area contributed by atoms with Crippen molar-refractivity contribution in [2.24, 2.45) is 0 Å². The van der Waals surface area contributed by atoms with Crippen LogP contribution in [0.4, 0.5) is 0 Å². The van der Waals surface area contributed by atoms with Crippen LogP contribution in [0.5, 0.6) is 0 Å². The maximum absolute atomic E-state index is 12.3. The van der Waals surface area contributed by atoms with Gasteiger partial charge in [0.2, 0.25) is 5.91 Å². The lowest BCUT2D eigenvalue weighted by molar-refractivity contribution is -0.118. The van der Waals surface area contributed by atoms with Crippen molar-refractivity contribution in [2.75, 3.05) is 5.75 Å². The summed E-state index contributed by atoms with van der Waals surface area (Å²) in [5.74, 6) is 0.993. The number of thioether (sulfide) groups is 1. The largest absolute Gasteiger partial charge is 0.351 e. The molecule has 4 aromatic rings. The van der Waals surface area contributed by atoms with E-state index in [2.05, 4.69) is 32.6 Å². The van der Waals surface area contributed by atoms with Crippen LogP contribution in [0.2, 0.25) is 0 Å². The number of carbonyl (C=O) groups is 1. The molecule has 0 unspecified atom stereocenters. The van der Waals surface area contributed by atoms with Crippen LogP contribution in [0, 0.1) is 0 Å². The van der Waals surface area contributed by atoms with Crippen molar-refractivity contribution in [2.45, 2.75) is 18.2 Å². The first-order chi connectivity index (χ1) is 14.8. The molecular formula is C23H21N5OS. The van der Waals surface area contributed by atoms with Crippen LogP contribution in [0.25, 0.3) is 11.4 Å². The zero-order valence-corrected chi connectivity index (χ0v) is 17.1. The Morgan fingerprint density at radius 1 is 0.867 bits per heavy atom. The molecule has 30 heavy (non-hydrogen) atoms. The van der Waals surface area contributed by atoms with E-state index >= 15 is 0 Å². The molecule has 0 bridgehead atoms. The molecule has 0 atom stereocenters. The lowest BCUT2D eigenvalue weighted by Gasteiger charge is -2.10. The number of hydrogen-bond acceptors (Lipinski definition) is 5. The number of hydrogen-bond donors (Lipinski definition) is 1. The van der Waals surface area contributed by atoms with Crippen LogP contribution in [-0.4, -0.2) is 31.4 Å². The number of nitrogens with zero attached hydrogens (tertiary/aromatic N) is 4. The standard InChI is InChI=1S/C23H21N5OS/c29-21(25-15-18-7-3-1-4-8-18)17-30-23-27-26-22(20-11-13-24-14-12-20)28(23)16-19-9-5-2-6-10-19/h1-14H,15-17H2,(H,25,29). The molecule has 2 aromatic carbocycles. The van der Waals surface area contributed by atoms with Gasteiger partial charge >= 0.3 is 0 Å². The average molecular weight is 416 g/mol. The van der Waals surface area contributed by atoms with Crippen LogP contribution in [-0.2, 0) is 17.9 Å². The number of pyridine rings is 1. The number of aromatic nitrogens is 4. The fraction of sp³-hybridized carbons (Fsp3) is 0.130. The molecule has 1 N–H and O–H groups in total. The minimum Gasteiger partial charge on any atom is -0.351 e. The summed E-state index contributed by atoms with van der Waals surface area (Å²) in [4.78, 5) is 16.4. The van der Waals surface area contributed by atoms with Crippen LogP contribution in [0.1, 0.15) is 11.1 Å². The molecular weight excluding hydrogens is 394 g/mol. The van der Waals surface area contributed by atoms with Crippen LogP contribution in [0.15, 0.2) is 90.3 Å². The number of amides is 1. The van der Waals surface area contributed by atoms with Gasteiger partial charge in [-0.2, -0.15) is 0 Å². The molecule has 0 aliphatic rings. The first-order valence-electron chi connectivity index (χ1n) is 9.60. The van der Waals surface area contributed by atoms with Crippen molar-refractivity contribution >= 4 is 17.7 Å². The fourth-order valence-corrected chi connectivity index (χ4v) is 3.76. The number of rotatable bonds is 8. The summed E-state index contributed by atoms with van der Waals surface area (Å²) in [6, 6.07) is 23.8. The van der Waals surface area contributed by atoms with E-state index in [1.165, 1.54) is 11.8 Å². The molecule has 6 nitrogen and oxygen atoms in total. The monoisotopic (exact) mass is 415 g/mol. The SMILES string of the molecule is O=C(CSc1nnc(-c2ccncc2)n1Cc1ccccc1)NCc1ccccc1. The normalized spacial score (nSPS) is 10.7. The number of carbonyl (C=O) groups excluding carboxylic acids is 1. The second-order valence-electron chi connectivity index (χ2n) is 6.66. The first kappa shape index (κ1) is 19.8. The lowest BCUT2D eigenvalue weighted by Crippen LogP contribution is -2.24. The maximum atomic E-state index is 12.3. The van der Waals surface area contributed by atoms with E-state index in [9.17, 15) is 4.79 Å². The summed E-state index contributed by atoms with van der Waals surface area (Å²) in [5, 5.41) is 12.4. The van der Waals surface area contributed by atoms with E-state index in [4.69, 9.17) is 0 Å². The number of benzene rings is 2. The minimum absolute atomic E-state index is 0.0384. The third kappa shape index (κ3) is 5.12. The molecule has 0 aliphatic heterocycles. The molecule has 7 heteroatoms. The zero-order chi connectivity index (χ0) is 20.6. The Morgan fingerprint density at radius 3 is 2.23 bits per heavy atom. The molecule has 1 amide bonds. The summed E-state index contributed by atoms with van der Waals surface area (Å²) < 4.78 is 2.04. The highest BCUT2D eigenvalue weighted by atomic mass is 32.2. The van der Waals surface area contributed by atoms with Gasteiger partial charge in [-0.3, -0.25) is 14.3 Å². The maximum Gasteiger partial charge on any atom is 0.230 e. The van der Waals surface area contributed by atoms with E-state index < -0.39 is 0 Å². The van der Waals surface area contributed by atoms with Gasteiger partial charge in [-0.1, -0.05) is 72.4 Å². The Balaban J connectivity index is 1.48. The Kier molecular flexibility index (Phi) is 6.51. The van der Waals surface area contributed by atoms with E-state index in [0.29, 0.717) is 18.2 Å². The van der Waals surface area contributed by atoms with Crippen molar-refractivity contribution in [1.29, 1.82) is 0 Å². The minimum atomic E-state index is -0.0384. The predicted molar refractivity (Wildman–Crippen MR) is 118 cm³/mol. The van der Waals surface area contributed by atoms with Gasteiger partial charge in [0.15, 0.2) is 11.0 Å². The van der Waals surface area contributed by atoms with Crippen LogP contribution < -0.4 is 5.32 Å². The predicted octanol–water partition coefficient (Wildman–Crippen LogP) is 3.80.